The topological polar surface area (TPSA) is 35.6 Å². The van der Waals surface area contributed by atoms with Crippen molar-refractivity contribution >= 4 is 18.3 Å². The minimum Gasteiger partial charge on any atom is -0.341 e. The summed E-state index contributed by atoms with van der Waals surface area (Å²) in [6.45, 7) is 6.30. The summed E-state index contributed by atoms with van der Waals surface area (Å²) < 4.78 is 0. The Morgan fingerprint density at radius 1 is 1.25 bits per heavy atom. The van der Waals surface area contributed by atoms with Crippen LogP contribution in [0.25, 0.3) is 0 Å². The van der Waals surface area contributed by atoms with Gasteiger partial charge in [-0.3, -0.25) is 4.79 Å². The fraction of sp³-hybridized carbons (Fsp3) is 0.933. The van der Waals surface area contributed by atoms with Gasteiger partial charge in [-0.05, 0) is 58.2 Å². The number of carbonyl (C=O) groups is 1. The summed E-state index contributed by atoms with van der Waals surface area (Å²) in [7, 11) is 4.26. The zero-order valence-electron chi connectivity index (χ0n) is 13.1. The molecule has 2 heterocycles. The maximum absolute atomic E-state index is 12.5. The van der Waals surface area contributed by atoms with Crippen molar-refractivity contribution in [2.75, 3.05) is 40.3 Å². The quantitative estimate of drug-likeness (QED) is 0.860. The molecule has 5 heteroatoms. The highest BCUT2D eigenvalue weighted by Crippen LogP contribution is 2.21. The van der Waals surface area contributed by atoms with Crippen molar-refractivity contribution in [2.45, 2.75) is 38.6 Å². The van der Waals surface area contributed by atoms with Crippen molar-refractivity contribution in [3.63, 3.8) is 0 Å². The molecule has 2 atom stereocenters. The van der Waals surface area contributed by atoms with Gasteiger partial charge in [0.1, 0.15) is 0 Å². The Morgan fingerprint density at radius 2 is 1.90 bits per heavy atom. The van der Waals surface area contributed by atoms with E-state index in [-0.39, 0.29) is 18.4 Å². The number of rotatable bonds is 3. The van der Waals surface area contributed by atoms with Crippen molar-refractivity contribution in [1.82, 2.24) is 15.1 Å². The molecule has 2 aliphatic heterocycles. The first-order valence-electron chi connectivity index (χ1n) is 7.73. The van der Waals surface area contributed by atoms with Crippen molar-refractivity contribution in [3.8, 4) is 0 Å². The highest BCUT2D eigenvalue weighted by molar-refractivity contribution is 5.85. The van der Waals surface area contributed by atoms with Gasteiger partial charge in [0.25, 0.3) is 0 Å². The molecule has 2 fully saturated rings. The average Bonchev–Trinajstić information content (AvgIpc) is 2.38. The number of nitrogens with zero attached hydrogens (tertiary/aromatic N) is 2. The smallest absolute Gasteiger partial charge is 0.239 e. The van der Waals surface area contributed by atoms with Crippen LogP contribution >= 0.6 is 12.4 Å². The van der Waals surface area contributed by atoms with Gasteiger partial charge in [-0.25, -0.2) is 0 Å². The second kappa shape index (κ2) is 8.20. The molecule has 20 heavy (non-hydrogen) atoms. The van der Waals surface area contributed by atoms with Gasteiger partial charge in [0, 0.05) is 19.6 Å². The molecule has 0 spiro atoms. The number of carbonyl (C=O) groups excluding carboxylic acids is 1. The fourth-order valence-corrected chi connectivity index (χ4v) is 3.37. The number of nitrogens with one attached hydrogen (secondary N) is 1. The highest BCUT2D eigenvalue weighted by atomic mass is 35.5. The largest absolute Gasteiger partial charge is 0.341 e. The predicted molar refractivity (Wildman–Crippen MR) is 85.3 cm³/mol. The molecular formula is C15H30ClN3O. The van der Waals surface area contributed by atoms with Gasteiger partial charge < -0.3 is 15.1 Å². The number of piperidine rings is 2. The third-order valence-electron chi connectivity index (χ3n) is 4.51. The summed E-state index contributed by atoms with van der Waals surface area (Å²) >= 11 is 0. The molecule has 2 aliphatic rings. The molecule has 0 radical (unpaired) electrons. The van der Waals surface area contributed by atoms with Crippen LogP contribution in [0.3, 0.4) is 0 Å². The van der Waals surface area contributed by atoms with E-state index in [0.29, 0.717) is 11.8 Å². The van der Waals surface area contributed by atoms with Crippen LogP contribution in [-0.4, -0.2) is 62.0 Å². The first-order chi connectivity index (χ1) is 9.06. The minimum absolute atomic E-state index is 0. The Morgan fingerprint density at radius 3 is 2.45 bits per heavy atom. The van der Waals surface area contributed by atoms with E-state index in [0.717, 1.165) is 51.4 Å². The number of likely N-dealkylation sites (tertiary alicyclic amines) is 1. The first kappa shape index (κ1) is 17.7. The van der Waals surface area contributed by atoms with Crippen LogP contribution in [0.5, 0.6) is 0 Å². The van der Waals surface area contributed by atoms with Gasteiger partial charge in [0.05, 0.1) is 6.04 Å². The standard InChI is InChI=1S/C15H29N3O.ClH/c1-12-4-7-16-14(10-12)15(19)18-8-5-13(6-9-18)11-17(2)3;/h12-14,16H,4-11H2,1-3H3;1H. The van der Waals surface area contributed by atoms with E-state index in [1.54, 1.807) is 0 Å². The second-order valence-electron chi connectivity index (χ2n) is 6.67. The third-order valence-corrected chi connectivity index (χ3v) is 4.51. The van der Waals surface area contributed by atoms with Crippen LogP contribution in [0, 0.1) is 11.8 Å². The van der Waals surface area contributed by atoms with E-state index in [1.807, 2.05) is 0 Å². The van der Waals surface area contributed by atoms with E-state index in [1.165, 1.54) is 6.42 Å². The van der Waals surface area contributed by atoms with Crippen LogP contribution in [0.1, 0.15) is 32.6 Å². The van der Waals surface area contributed by atoms with Crippen LogP contribution in [0.2, 0.25) is 0 Å². The fourth-order valence-electron chi connectivity index (χ4n) is 3.37. The molecule has 2 unspecified atom stereocenters. The molecule has 0 aromatic rings. The summed E-state index contributed by atoms with van der Waals surface area (Å²) in [5, 5.41) is 3.39. The van der Waals surface area contributed by atoms with E-state index >= 15 is 0 Å². The number of amides is 1. The van der Waals surface area contributed by atoms with Gasteiger partial charge in [-0.2, -0.15) is 0 Å². The van der Waals surface area contributed by atoms with Gasteiger partial charge in [0.15, 0.2) is 0 Å². The van der Waals surface area contributed by atoms with Crippen LogP contribution < -0.4 is 5.32 Å². The lowest BCUT2D eigenvalue weighted by Gasteiger charge is -2.37. The molecule has 1 N–H and O–H groups in total. The maximum Gasteiger partial charge on any atom is 0.239 e. The molecule has 2 rings (SSSR count). The first-order valence-corrected chi connectivity index (χ1v) is 7.73. The molecule has 0 aromatic carbocycles. The average molecular weight is 304 g/mol. The Labute approximate surface area is 129 Å². The number of halogens is 1. The SMILES string of the molecule is CC1CCNC(C(=O)N2CCC(CN(C)C)CC2)C1.Cl. The van der Waals surface area contributed by atoms with Crippen LogP contribution in [0.15, 0.2) is 0 Å². The lowest BCUT2D eigenvalue weighted by atomic mass is 9.92. The Bertz CT molecular complexity index is 303. The highest BCUT2D eigenvalue weighted by Gasteiger charge is 2.30. The Hall–Kier alpha value is -0.320. The van der Waals surface area contributed by atoms with Crippen molar-refractivity contribution in [1.29, 1.82) is 0 Å². The van der Waals surface area contributed by atoms with E-state index in [2.05, 4.69) is 36.1 Å². The second-order valence-corrected chi connectivity index (χ2v) is 6.67. The summed E-state index contributed by atoms with van der Waals surface area (Å²) in [5.74, 6) is 1.79. The lowest BCUT2D eigenvalue weighted by Crippen LogP contribution is -2.52. The number of hydrogen-bond donors (Lipinski definition) is 1. The molecule has 0 bridgehead atoms. The lowest BCUT2D eigenvalue weighted by molar-refractivity contribution is -0.135. The van der Waals surface area contributed by atoms with E-state index < -0.39 is 0 Å². The maximum atomic E-state index is 12.5. The van der Waals surface area contributed by atoms with Crippen LogP contribution in [0.4, 0.5) is 0 Å². The molecule has 4 nitrogen and oxygen atoms in total. The van der Waals surface area contributed by atoms with E-state index in [4.69, 9.17) is 0 Å². The predicted octanol–water partition coefficient (Wildman–Crippen LogP) is 1.60. The molecule has 2 saturated heterocycles. The molecule has 1 amide bonds. The minimum atomic E-state index is 0. The normalized spacial score (nSPS) is 28.3. The van der Waals surface area contributed by atoms with Crippen molar-refractivity contribution in [2.24, 2.45) is 11.8 Å². The zero-order chi connectivity index (χ0) is 13.8. The molecule has 0 saturated carbocycles. The zero-order valence-corrected chi connectivity index (χ0v) is 13.9. The van der Waals surface area contributed by atoms with Crippen molar-refractivity contribution in [3.05, 3.63) is 0 Å². The Kier molecular flexibility index (Phi) is 7.27. The number of hydrogen-bond acceptors (Lipinski definition) is 3. The van der Waals surface area contributed by atoms with Crippen molar-refractivity contribution < 1.29 is 4.79 Å². The Balaban J connectivity index is 0.00000200. The summed E-state index contributed by atoms with van der Waals surface area (Å²) in [6, 6.07) is 0.0779. The third kappa shape index (κ3) is 4.90. The molecule has 0 aromatic heterocycles. The monoisotopic (exact) mass is 303 g/mol. The van der Waals surface area contributed by atoms with Gasteiger partial charge >= 0.3 is 0 Å². The summed E-state index contributed by atoms with van der Waals surface area (Å²) in [6.07, 6.45) is 4.53. The summed E-state index contributed by atoms with van der Waals surface area (Å²) in [4.78, 5) is 16.8. The van der Waals surface area contributed by atoms with Crippen LogP contribution in [-0.2, 0) is 4.79 Å². The summed E-state index contributed by atoms with van der Waals surface area (Å²) in [5.41, 5.74) is 0. The van der Waals surface area contributed by atoms with Gasteiger partial charge in [-0.1, -0.05) is 6.92 Å². The molecule has 118 valence electrons. The van der Waals surface area contributed by atoms with Gasteiger partial charge in [-0.15, -0.1) is 12.4 Å². The molecule has 0 aliphatic carbocycles. The van der Waals surface area contributed by atoms with Gasteiger partial charge in [0.2, 0.25) is 5.91 Å². The van der Waals surface area contributed by atoms with E-state index in [9.17, 15) is 4.79 Å². The molecular weight excluding hydrogens is 274 g/mol.